The Bertz CT molecular complexity index is 245. The maximum atomic E-state index is 11.2. The molecule has 0 spiro atoms. The van der Waals surface area contributed by atoms with Crippen molar-refractivity contribution >= 4 is 5.78 Å². The fraction of sp³-hybridized carbons (Fsp3) is 0.444. The van der Waals surface area contributed by atoms with E-state index >= 15 is 0 Å². The zero-order valence-corrected chi connectivity index (χ0v) is 7.37. The zero-order valence-electron chi connectivity index (χ0n) is 7.37. The monoisotopic (exact) mass is 166 g/mol. The lowest BCUT2D eigenvalue weighted by molar-refractivity contribution is -0.120. The fourth-order valence-corrected chi connectivity index (χ4v) is 1.43. The number of nitrogens with two attached hydrogens (primary N) is 1. The summed E-state index contributed by atoms with van der Waals surface area (Å²) in [6.45, 7) is 3.48. The minimum absolute atomic E-state index is 0.121. The third-order valence-electron chi connectivity index (χ3n) is 2.25. The Morgan fingerprint density at radius 1 is 1.58 bits per heavy atom. The number of carbonyl (C=O) groups excluding carboxylic acids is 1. The van der Waals surface area contributed by atoms with Crippen LogP contribution in [0.25, 0.3) is 0 Å². The first-order chi connectivity index (χ1) is 5.60. The normalized spacial score (nSPS) is 33.8. The molecule has 0 saturated carbocycles. The van der Waals surface area contributed by atoms with Crippen LogP contribution in [0.2, 0.25) is 0 Å². The van der Waals surface area contributed by atoms with E-state index in [1.165, 1.54) is 0 Å². The number of hydrogen-bond donors (Lipinski definition) is 2. The molecule has 1 aliphatic carbocycles. The van der Waals surface area contributed by atoms with Gasteiger partial charge in [0.15, 0.2) is 0 Å². The van der Waals surface area contributed by atoms with Crippen LogP contribution in [-0.2, 0) is 4.79 Å². The van der Waals surface area contributed by atoms with Gasteiger partial charge in [-0.2, -0.15) is 0 Å². The van der Waals surface area contributed by atoms with Crippen LogP contribution in [-0.4, -0.2) is 11.3 Å². The highest BCUT2D eigenvalue weighted by Gasteiger charge is 2.33. The second-order valence-corrected chi connectivity index (χ2v) is 3.26. The number of rotatable bonds is 2. The van der Waals surface area contributed by atoms with Gasteiger partial charge < -0.3 is 0 Å². The molecule has 1 rings (SSSR count). The summed E-state index contributed by atoms with van der Waals surface area (Å²) in [6.07, 6.45) is 7.52. The number of allylic oxidation sites excluding steroid dienone is 2. The van der Waals surface area contributed by atoms with Crippen molar-refractivity contribution < 1.29 is 4.79 Å². The van der Waals surface area contributed by atoms with E-state index in [-0.39, 0.29) is 11.7 Å². The van der Waals surface area contributed by atoms with Crippen molar-refractivity contribution in [1.82, 2.24) is 5.43 Å². The molecule has 0 fully saturated rings. The summed E-state index contributed by atoms with van der Waals surface area (Å²) in [5.41, 5.74) is 2.22. The summed E-state index contributed by atoms with van der Waals surface area (Å²) < 4.78 is 0. The van der Waals surface area contributed by atoms with Gasteiger partial charge in [-0.1, -0.05) is 24.3 Å². The molecule has 0 bridgehead atoms. The molecule has 0 aromatic rings. The molecule has 0 heterocycles. The second kappa shape index (κ2) is 3.21. The van der Waals surface area contributed by atoms with Crippen LogP contribution in [0.3, 0.4) is 0 Å². The highest BCUT2D eigenvalue weighted by atomic mass is 16.1. The summed E-state index contributed by atoms with van der Waals surface area (Å²) >= 11 is 0. The second-order valence-electron chi connectivity index (χ2n) is 3.26. The molecule has 0 amide bonds. The zero-order chi connectivity index (χ0) is 9.19. The van der Waals surface area contributed by atoms with Crippen molar-refractivity contribution in [2.45, 2.75) is 19.4 Å². The maximum Gasteiger partial charge on any atom is 0.138 e. The third-order valence-corrected chi connectivity index (χ3v) is 2.25. The van der Waals surface area contributed by atoms with E-state index in [1.807, 2.05) is 31.2 Å². The number of ketones is 1. The Kier molecular flexibility index (Phi) is 2.45. The van der Waals surface area contributed by atoms with E-state index in [2.05, 4.69) is 5.43 Å². The van der Waals surface area contributed by atoms with Crippen molar-refractivity contribution in [3.8, 4) is 0 Å². The molecule has 0 aliphatic heterocycles. The van der Waals surface area contributed by atoms with Crippen LogP contribution in [0.15, 0.2) is 24.3 Å². The fourth-order valence-electron chi connectivity index (χ4n) is 1.43. The van der Waals surface area contributed by atoms with Gasteiger partial charge in [0.25, 0.3) is 0 Å². The average Bonchev–Trinajstić information content (AvgIpc) is 2.05. The first-order valence-electron chi connectivity index (χ1n) is 3.94. The summed E-state index contributed by atoms with van der Waals surface area (Å²) in [5.74, 6) is 5.34. The van der Waals surface area contributed by atoms with Gasteiger partial charge in [-0.3, -0.25) is 10.6 Å². The first-order valence-corrected chi connectivity index (χ1v) is 3.94. The quantitative estimate of drug-likeness (QED) is 0.465. The van der Waals surface area contributed by atoms with Crippen molar-refractivity contribution in [2.24, 2.45) is 11.8 Å². The smallest absolute Gasteiger partial charge is 0.138 e. The number of carbonyl (C=O) groups is 1. The minimum atomic E-state index is -0.430. The van der Waals surface area contributed by atoms with Crippen LogP contribution in [0.4, 0.5) is 0 Å². The highest BCUT2D eigenvalue weighted by Crippen LogP contribution is 2.23. The Balaban J connectivity index is 2.92. The lowest BCUT2D eigenvalue weighted by Gasteiger charge is -2.32. The molecular weight excluding hydrogens is 152 g/mol. The van der Waals surface area contributed by atoms with E-state index in [0.717, 1.165) is 0 Å². The van der Waals surface area contributed by atoms with Gasteiger partial charge in [0.1, 0.15) is 5.78 Å². The Morgan fingerprint density at radius 3 is 2.67 bits per heavy atom. The molecule has 3 nitrogen and oxygen atoms in total. The van der Waals surface area contributed by atoms with Crippen molar-refractivity contribution in [3.05, 3.63) is 24.3 Å². The van der Waals surface area contributed by atoms with E-state index in [9.17, 15) is 4.79 Å². The van der Waals surface area contributed by atoms with Gasteiger partial charge >= 0.3 is 0 Å². The largest absolute Gasteiger partial charge is 0.299 e. The Labute approximate surface area is 72.3 Å². The molecule has 0 radical (unpaired) electrons. The summed E-state index contributed by atoms with van der Waals surface area (Å²) in [5, 5.41) is 0. The minimum Gasteiger partial charge on any atom is -0.299 e. The van der Waals surface area contributed by atoms with Gasteiger partial charge in [0.2, 0.25) is 0 Å². The first kappa shape index (κ1) is 9.16. The van der Waals surface area contributed by atoms with Crippen molar-refractivity contribution in [3.63, 3.8) is 0 Å². The molecule has 2 unspecified atom stereocenters. The molecule has 0 aromatic heterocycles. The van der Waals surface area contributed by atoms with Crippen molar-refractivity contribution in [2.75, 3.05) is 0 Å². The highest BCUT2D eigenvalue weighted by molar-refractivity contribution is 5.82. The van der Waals surface area contributed by atoms with Crippen molar-refractivity contribution in [1.29, 1.82) is 0 Å². The molecule has 66 valence electrons. The third kappa shape index (κ3) is 1.47. The van der Waals surface area contributed by atoms with Gasteiger partial charge in [0, 0.05) is 0 Å². The van der Waals surface area contributed by atoms with E-state index in [1.54, 1.807) is 6.92 Å². The molecular formula is C9H14N2O. The number of hydrogen-bond acceptors (Lipinski definition) is 3. The Morgan fingerprint density at radius 2 is 2.25 bits per heavy atom. The van der Waals surface area contributed by atoms with Gasteiger partial charge in [-0.15, -0.1) is 0 Å². The predicted molar refractivity (Wildman–Crippen MR) is 48.2 cm³/mol. The lowest BCUT2D eigenvalue weighted by atomic mass is 9.80. The standard InChI is InChI=1S/C9H14N2O/c1-7(12)8-5-3-4-6-9(8,2)11-10/h3-6,8,11H,10H2,1-2H3. The SMILES string of the molecule is CC(=O)C1C=CC=CC1(C)NN. The number of hydrazine groups is 1. The molecule has 12 heavy (non-hydrogen) atoms. The molecule has 2 atom stereocenters. The summed E-state index contributed by atoms with van der Waals surface area (Å²) in [7, 11) is 0. The molecule has 1 aliphatic rings. The van der Waals surface area contributed by atoms with Gasteiger partial charge in [0.05, 0.1) is 11.5 Å². The van der Waals surface area contributed by atoms with Gasteiger partial charge in [-0.25, -0.2) is 5.43 Å². The lowest BCUT2D eigenvalue weighted by Crippen LogP contribution is -2.53. The van der Waals surface area contributed by atoms with Gasteiger partial charge in [-0.05, 0) is 13.8 Å². The summed E-state index contributed by atoms with van der Waals surface area (Å²) in [6, 6.07) is 0. The molecule has 0 saturated heterocycles. The molecule has 0 aromatic carbocycles. The number of Topliss-reactive ketones (excluding diaryl/α,β-unsaturated/α-hetero) is 1. The Hall–Kier alpha value is -0.930. The average molecular weight is 166 g/mol. The van der Waals surface area contributed by atoms with Crippen LogP contribution < -0.4 is 11.3 Å². The summed E-state index contributed by atoms with van der Waals surface area (Å²) in [4.78, 5) is 11.2. The maximum absolute atomic E-state index is 11.2. The number of nitrogens with one attached hydrogen (secondary N) is 1. The van der Waals surface area contributed by atoms with Crippen LogP contribution in [0.1, 0.15) is 13.8 Å². The predicted octanol–water partition coefficient (Wildman–Crippen LogP) is 0.540. The molecule has 3 heteroatoms. The van der Waals surface area contributed by atoms with E-state index in [4.69, 9.17) is 5.84 Å². The van der Waals surface area contributed by atoms with E-state index < -0.39 is 5.54 Å². The topological polar surface area (TPSA) is 55.1 Å². The van der Waals surface area contributed by atoms with Crippen LogP contribution in [0.5, 0.6) is 0 Å². The van der Waals surface area contributed by atoms with Crippen LogP contribution >= 0.6 is 0 Å². The molecule has 3 N–H and O–H groups in total. The van der Waals surface area contributed by atoms with Crippen LogP contribution in [0, 0.1) is 5.92 Å². The van der Waals surface area contributed by atoms with E-state index in [0.29, 0.717) is 0 Å².